The molecular formula is C19H20N6O2. The van der Waals surface area contributed by atoms with Gasteiger partial charge >= 0.3 is 6.09 Å². The molecular weight excluding hydrogens is 344 g/mol. The molecule has 0 spiro atoms. The summed E-state index contributed by atoms with van der Waals surface area (Å²) in [4.78, 5) is 12.1. The van der Waals surface area contributed by atoms with Crippen molar-refractivity contribution in [1.82, 2.24) is 20.4 Å². The first kappa shape index (κ1) is 18.2. The van der Waals surface area contributed by atoms with Gasteiger partial charge in [-0.25, -0.2) is 4.79 Å². The minimum absolute atomic E-state index is 0.265. The smallest absolute Gasteiger partial charge is 0.412 e. The summed E-state index contributed by atoms with van der Waals surface area (Å²) in [5.74, 6) is 0.678. The Morgan fingerprint density at radius 1 is 0.963 bits per heavy atom. The Kier molecular flexibility index (Phi) is 4.98. The Hall–Kier alpha value is -3.55. The molecule has 0 bridgehead atoms. The first-order valence-corrected chi connectivity index (χ1v) is 8.34. The molecule has 0 atom stereocenters. The SMILES string of the molecule is CC(C)(C)OC(=O)Nc1cc(N)ccc1-c1nnc(-c2ccccc2)nn1. The molecule has 0 aliphatic heterocycles. The second-order valence-electron chi connectivity index (χ2n) is 6.85. The van der Waals surface area contributed by atoms with Crippen molar-refractivity contribution >= 4 is 17.5 Å². The van der Waals surface area contributed by atoms with E-state index in [4.69, 9.17) is 10.5 Å². The van der Waals surface area contributed by atoms with Crippen molar-refractivity contribution in [3.8, 4) is 22.8 Å². The van der Waals surface area contributed by atoms with Gasteiger partial charge in [0.2, 0.25) is 11.6 Å². The molecule has 3 N–H and O–H groups in total. The van der Waals surface area contributed by atoms with Crippen LogP contribution in [0.5, 0.6) is 0 Å². The van der Waals surface area contributed by atoms with Crippen LogP contribution >= 0.6 is 0 Å². The molecule has 2 aromatic carbocycles. The van der Waals surface area contributed by atoms with Crippen LogP contribution in [0.15, 0.2) is 48.5 Å². The van der Waals surface area contributed by atoms with Gasteiger partial charge in [0.05, 0.1) is 5.69 Å². The molecule has 0 aliphatic carbocycles. The third kappa shape index (κ3) is 4.75. The molecule has 8 heteroatoms. The minimum atomic E-state index is -0.623. The maximum absolute atomic E-state index is 12.1. The number of carbonyl (C=O) groups is 1. The van der Waals surface area contributed by atoms with Crippen molar-refractivity contribution in [2.24, 2.45) is 0 Å². The Balaban J connectivity index is 1.89. The first-order chi connectivity index (χ1) is 12.8. The van der Waals surface area contributed by atoms with E-state index in [9.17, 15) is 4.79 Å². The van der Waals surface area contributed by atoms with E-state index in [1.165, 1.54) is 0 Å². The number of carbonyl (C=O) groups excluding carboxylic acids is 1. The number of hydrogen-bond acceptors (Lipinski definition) is 7. The molecule has 1 aromatic heterocycles. The second kappa shape index (κ2) is 7.36. The number of nitrogens with one attached hydrogen (secondary N) is 1. The number of rotatable bonds is 3. The van der Waals surface area contributed by atoms with Crippen molar-refractivity contribution in [1.29, 1.82) is 0 Å². The highest BCUT2D eigenvalue weighted by atomic mass is 16.6. The summed E-state index contributed by atoms with van der Waals surface area (Å²) in [5, 5.41) is 19.2. The third-order valence-electron chi connectivity index (χ3n) is 3.43. The van der Waals surface area contributed by atoms with Gasteiger partial charge in [0.1, 0.15) is 5.60 Å². The average Bonchev–Trinajstić information content (AvgIpc) is 2.61. The van der Waals surface area contributed by atoms with Crippen molar-refractivity contribution < 1.29 is 9.53 Å². The van der Waals surface area contributed by atoms with Crippen LogP contribution in [-0.2, 0) is 4.74 Å². The summed E-state index contributed by atoms with van der Waals surface area (Å²) < 4.78 is 5.29. The number of amides is 1. The van der Waals surface area contributed by atoms with Gasteiger partial charge in [-0.15, -0.1) is 20.4 Å². The number of nitrogen functional groups attached to an aromatic ring is 1. The summed E-state index contributed by atoms with van der Waals surface area (Å²) in [6.45, 7) is 5.35. The fraction of sp³-hybridized carbons (Fsp3) is 0.211. The number of aromatic nitrogens is 4. The monoisotopic (exact) mass is 364 g/mol. The summed E-state index contributed by atoms with van der Waals surface area (Å²) in [6, 6.07) is 14.4. The Morgan fingerprint density at radius 2 is 1.59 bits per heavy atom. The molecule has 138 valence electrons. The van der Waals surface area contributed by atoms with E-state index in [0.29, 0.717) is 22.8 Å². The van der Waals surface area contributed by atoms with E-state index >= 15 is 0 Å². The third-order valence-corrected chi connectivity index (χ3v) is 3.43. The molecule has 8 nitrogen and oxygen atoms in total. The van der Waals surface area contributed by atoms with E-state index in [0.717, 1.165) is 5.56 Å². The van der Waals surface area contributed by atoms with Crippen LogP contribution in [0.3, 0.4) is 0 Å². The van der Waals surface area contributed by atoms with Crippen LogP contribution < -0.4 is 11.1 Å². The molecule has 3 rings (SSSR count). The fourth-order valence-corrected chi connectivity index (χ4v) is 2.31. The molecule has 0 saturated heterocycles. The van der Waals surface area contributed by atoms with Crippen LogP contribution in [0.4, 0.5) is 16.2 Å². The van der Waals surface area contributed by atoms with E-state index < -0.39 is 11.7 Å². The van der Waals surface area contributed by atoms with E-state index in [1.54, 1.807) is 39.0 Å². The lowest BCUT2D eigenvalue weighted by molar-refractivity contribution is 0.0636. The maximum Gasteiger partial charge on any atom is 0.412 e. The van der Waals surface area contributed by atoms with Gasteiger partial charge in [-0.2, -0.15) is 0 Å². The highest BCUT2D eigenvalue weighted by molar-refractivity contribution is 5.91. The quantitative estimate of drug-likeness (QED) is 0.683. The van der Waals surface area contributed by atoms with Crippen molar-refractivity contribution in [3.63, 3.8) is 0 Å². The van der Waals surface area contributed by atoms with Gasteiger partial charge in [0.15, 0.2) is 0 Å². The number of nitrogens with two attached hydrogens (primary N) is 1. The van der Waals surface area contributed by atoms with Crippen molar-refractivity contribution in [2.75, 3.05) is 11.1 Å². The predicted molar refractivity (Wildman–Crippen MR) is 103 cm³/mol. The Morgan fingerprint density at radius 3 is 2.22 bits per heavy atom. The van der Waals surface area contributed by atoms with Crippen LogP contribution in [-0.4, -0.2) is 32.1 Å². The summed E-state index contributed by atoms with van der Waals surface area (Å²) in [7, 11) is 0. The maximum atomic E-state index is 12.1. The summed E-state index contributed by atoms with van der Waals surface area (Å²) in [5.41, 5.74) is 7.47. The zero-order chi connectivity index (χ0) is 19.4. The van der Waals surface area contributed by atoms with Crippen molar-refractivity contribution in [2.45, 2.75) is 26.4 Å². The van der Waals surface area contributed by atoms with Crippen molar-refractivity contribution in [3.05, 3.63) is 48.5 Å². The Labute approximate surface area is 156 Å². The normalized spacial score (nSPS) is 11.1. The standard InChI is InChI=1S/C19H20N6O2/c1-19(2,3)27-18(26)21-15-11-13(20)9-10-14(15)17-24-22-16(23-25-17)12-7-5-4-6-8-12/h4-11H,20H2,1-3H3,(H,21,26). The first-order valence-electron chi connectivity index (χ1n) is 8.34. The second-order valence-corrected chi connectivity index (χ2v) is 6.85. The average molecular weight is 364 g/mol. The lowest BCUT2D eigenvalue weighted by Gasteiger charge is -2.20. The molecule has 27 heavy (non-hydrogen) atoms. The van der Waals surface area contributed by atoms with Gasteiger partial charge in [-0.1, -0.05) is 30.3 Å². The van der Waals surface area contributed by atoms with Gasteiger partial charge in [0, 0.05) is 16.8 Å². The lowest BCUT2D eigenvalue weighted by atomic mass is 10.1. The highest BCUT2D eigenvalue weighted by Crippen LogP contribution is 2.27. The lowest BCUT2D eigenvalue weighted by Crippen LogP contribution is -2.27. The summed E-state index contributed by atoms with van der Waals surface area (Å²) in [6.07, 6.45) is -0.601. The molecule has 1 amide bonds. The van der Waals surface area contributed by atoms with E-state index in [2.05, 4.69) is 25.7 Å². The fourth-order valence-electron chi connectivity index (χ4n) is 2.31. The summed E-state index contributed by atoms with van der Waals surface area (Å²) >= 11 is 0. The molecule has 0 fully saturated rings. The molecule has 0 aliphatic rings. The van der Waals surface area contributed by atoms with Gasteiger partial charge in [-0.3, -0.25) is 5.32 Å². The van der Waals surface area contributed by atoms with Gasteiger partial charge < -0.3 is 10.5 Å². The molecule has 1 heterocycles. The number of nitrogens with zero attached hydrogens (tertiary/aromatic N) is 4. The highest BCUT2D eigenvalue weighted by Gasteiger charge is 2.19. The predicted octanol–water partition coefficient (Wildman–Crippen LogP) is 3.53. The van der Waals surface area contributed by atoms with Crippen LogP contribution in [0.1, 0.15) is 20.8 Å². The van der Waals surface area contributed by atoms with Gasteiger partial charge in [-0.05, 0) is 39.0 Å². The zero-order valence-electron chi connectivity index (χ0n) is 15.3. The van der Waals surface area contributed by atoms with E-state index in [-0.39, 0.29) is 5.82 Å². The van der Waals surface area contributed by atoms with E-state index in [1.807, 2.05) is 30.3 Å². The van der Waals surface area contributed by atoms with Crippen LogP contribution in [0.2, 0.25) is 0 Å². The molecule has 0 saturated carbocycles. The minimum Gasteiger partial charge on any atom is -0.444 e. The molecule has 0 unspecified atom stereocenters. The number of hydrogen-bond donors (Lipinski definition) is 2. The Bertz CT molecular complexity index is 937. The number of benzene rings is 2. The zero-order valence-corrected chi connectivity index (χ0v) is 15.3. The van der Waals surface area contributed by atoms with Crippen LogP contribution in [0, 0.1) is 0 Å². The molecule has 3 aromatic rings. The topological polar surface area (TPSA) is 116 Å². The molecule has 0 radical (unpaired) electrons. The number of anilines is 2. The van der Waals surface area contributed by atoms with Crippen LogP contribution in [0.25, 0.3) is 22.8 Å². The number of ether oxygens (including phenoxy) is 1. The van der Waals surface area contributed by atoms with Gasteiger partial charge in [0.25, 0.3) is 0 Å². The largest absolute Gasteiger partial charge is 0.444 e.